The number of aromatic nitrogens is 2. The van der Waals surface area contributed by atoms with Gasteiger partial charge in [-0.3, -0.25) is 14.8 Å². The Bertz CT molecular complexity index is 435. The summed E-state index contributed by atoms with van der Waals surface area (Å²) in [5.74, 6) is -3.00. The summed E-state index contributed by atoms with van der Waals surface area (Å²) in [5, 5.41) is 23.4. The number of nitrogens with zero attached hydrogens (tertiary/aromatic N) is 3. The third-order valence-corrected chi connectivity index (χ3v) is 2.91. The van der Waals surface area contributed by atoms with E-state index in [4.69, 9.17) is 0 Å². The topological polar surface area (TPSA) is 81.2 Å². The van der Waals surface area contributed by atoms with Crippen LogP contribution in [-0.2, 0) is 0 Å². The minimum Gasteiger partial charge on any atom is -0.393 e. The van der Waals surface area contributed by atoms with E-state index in [0.29, 0.717) is 0 Å². The zero-order valence-electron chi connectivity index (χ0n) is 8.79. The number of hydrogen-bond acceptors (Lipinski definition) is 4. The lowest BCUT2D eigenvalue weighted by atomic mass is 9.89. The van der Waals surface area contributed by atoms with Crippen LogP contribution < -0.4 is 0 Å². The molecule has 0 saturated heterocycles. The molecule has 1 aromatic rings. The maximum Gasteiger partial charge on any atom is 0.307 e. The van der Waals surface area contributed by atoms with Gasteiger partial charge >= 0.3 is 5.69 Å². The maximum absolute atomic E-state index is 13.6. The molecule has 17 heavy (non-hydrogen) atoms. The van der Waals surface area contributed by atoms with E-state index in [1.165, 1.54) is 0 Å². The van der Waals surface area contributed by atoms with Crippen LogP contribution in [0.5, 0.6) is 0 Å². The molecule has 0 spiro atoms. The molecular formula is C9H11F2N3O3. The van der Waals surface area contributed by atoms with E-state index in [9.17, 15) is 24.0 Å². The molecule has 1 saturated carbocycles. The van der Waals surface area contributed by atoms with E-state index in [1.807, 2.05) is 0 Å². The van der Waals surface area contributed by atoms with Crippen LogP contribution in [0.25, 0.3) is 0 Å². The third kappa shape index (κ3) is 2.26. The zero-order valence-corrected chi connectivity index (χ0v) is 8.79. The first-order chi connectivity index (χ1) is 7.90. The van der Waals surface area contributed by atoms with E-state index in [0.717, 1.165) is 17.1 Å². The first-order valence-electron chi connectivity index (χ1n) is 5.14. The van der Waals surface area contributed by atoms with Gasteiger partial charge in [0.1, 0.15) is 18.4 Å². The van der Waals surface area contributed by atoms with Crippen molar-refractivity contribution in [3.05, 3.63) is 22.5 Å². The lowest BCUT2D eigenvalue weighted by Crippen LogP contribution is -2.39. The van der Waals surface area contributed by atoms with Gasteiger partial charge in [0, 0.05) is 12.8 Å². The van der Waals surface area contributed by atoms with E-state index in [2.05, 4.69) is 5.10 Å². The quantitative estimate of drug-likeness (QED) is 0.634. The second kappa shape index (κ2) is 4.02. The fourth-order valence-electron chi connectivity index (χ4n) is 1.97. The van der Waals surface area contributed by atoms with E-state index in [-0.39, 0.29) is 18.5 Å². The summed E-state index contributed by atoms with van der Waals surface area (Å²) in [6, 6.07) is -1.32. The Morgan fingerprint density at radius 1 is 1.65 bits per heavy atom. The van der Waals surface area contributed by atoms with Crippen LogP contribution in [0.2, 0.25) is 0 Å². The molecule has 0 aliphatic heterocycles. The summed E-state index contributed by atoms with van der Waals surface area (Å²) < 4.78 is 28.1. The monoisotopic (exact) mass is 247 g/mol. The highest BCUT2D eigenvalue weighted by molar-refractivity contribution is 5.21. The summed E-state index contributed by atoms with van der Waals surface area (Å²) in [5.41, 5.74) is -0.333. The van der Waals surface area contributed by atoms with Gasteiger partial charge in [-0.1, -0.05) is 0 Å². The van der Waals surface area contributed by atoms with Gasteiger partial charge in [0.15, 0.2) is 0 Å². The average molecular weight is 247 g/mol. The van der Waals surface area contributed by atoms with Gasteiger partial charge in [-0.25, -0.2) is 8.78 Å². The first kappa shape index (κ1) is 11.9. The minimum atomic E-state index is -3.00. The summed E-state index contributed by atoms with van der Waals surface area (Å²) >= 11 is 0. The minimum absolute atomic E-state index is 0.0346. The smallest absolute Gasteiger partial charge is 0.307 e. The van der Waals surface area contributed by atoms with Gasteiger partial charge in [-0.15, -0.1) is 0 Å². The highest BCUT2D eigenvalue weighted by Gasteiger charge is 2.46. The molecule has 0 aromatic carbocycles. The molecule has 2 rings (SSSR count). The van der Waals surface area contributed by atoms with Gasteiger partial charge < -0.3 is 5.11 Å². The molecule has 1 fully saturated rings. The molecule has 2 unspecified atom stereocenters. The Balaban J connectivity index is 2.26. The van der Waals surface area contributed by atoms with Crippen molar-refractivity contribution >= 4 is 5.69 Å². The van der Waals surface area contributed by atoms with Crippen LogP contribution in [0.4, 0.5) is 14.5 Å². The zero-order chi connectivity index (χ0) is 12.6. The predicted octanol–water partition coefficient (Wildman–Crippen LogP) is 1.51. The Morgan fingerprint density at radius 3 is 2.94 bits per heavy atom. The number of aliphatic hydroxyl groups is 1. The molecule has 1 heterocycles. The van der Waals surface area contributed by atoms with Crippen molar-refractivity contribution < 1.29 is 18.8 Å². The van der Waals surface area contributed by atoms with Crippen LogP contribution in [0, 0.1) is 10.1 Å². The second-order valence-electron chi connectivity index (χ2n) is 4.14. The van der Waals surface area contributed by atoms with Gasteiger partial charge in [0.05, 0.1) is 11.0 Å². The van der Waals surface area contributed by atoms with Crippen molar-refractivity contribution in [2.75, 3.05) is 0 Å². The van der Waals surface area contributed by atoms with E-state index in [1.54, 1.807) is 0 Å². The van der Waals surface area contributed by atoms with Gasteiger partial charge in [0.2, 0.25) is 0 Å². The number of aliphatic hydroxyl groups excluding tert-OH is 1. The molecule has 1 aliphatic carbocycles. The van der Waals surface area contributed by atoms with E-state index >= 15 is 0 Å². The number of alkyl halides is 2. The summed E-state index contributed by atoms with van der Waals surface area (Å²) in [6.07, 6.45) is 0.529. The second-order valence-corrected chi connectivity index (χ2v) is 4.14. The molecule has 8 heteroatoms. The lowest BCUT2D eigenvalue weighted by Gasteiger charge is -2.33. The van der Waals surface area contributed by atoms with Crippen LogP contribution in [0.15, 0.2) is 12.4 Å². The average Bonchev–Trinajstić information content (AvgIpc) is 2.70. The molecule has 6 nitrogen and oxygen atoms in total. The SMILES string of the molecule is O=[N+]([O-])c1cnn(C2CC(O)CCC2(F)F)c1. The normalized spacial score (nSPS) is 27.9. The van der Waals surface area contributed by atoms with Crippen LogP contribution in [-0.4, -0.2) is 31.8 Å². The number of rotatable bonds is 2. The van der Waals surface area contributed by atoms with Crippen LogP contribution in [0.1, 0.15) is 25.3 Å². The Labute approximate surface area is 95.0 Å². The number of hydrogen-bond donors (Lipinski definition) is 1. The Kier molecular flexibility index (Phi) is 2.82. The highest BCUT2D eigenvalue weighted by atomic mass is 19.3. The molecule has 94 valence electrons. The number of halogens is 2. The standard InChI is InChI=1S/C9H11F2N3O3/c10-9(11)2-1-7(15)3-8(9)13-5-6(4-12-13)14(16)17/h4-5,7-8,15H,1-3H2. The lowest BCUT2D eigenvalue weighted by molar-refractivity contribution is -0.385. The van der Waals surface area contributed by atoms with Crippen LogP contribution in [0.3, 0.4) is 0 Å². The number of nitro groups is 1. The van der Waals surface area contributed by atoms with Gasteiger partial charge in [-0.05, 0) is 6.42 Å². The highest BCUT2D eigenvalue weighted by Crippen LogP contribution is 2.41. The maximum atomic E-state index is 13.6. The van der Waals surface area contributed by atoms with Crippen molar-refractivity contribution in [1.29, 1.82) is 0 Å². The summed E-state index contributed by atoms with van der Waals surface area (Å²) in [4.78, 5) is 9.74. The molecule has 2 atom stereocenters. The Hall–Kier alpha value is -1.57. The molecule has 1 N–H and O–H groups in total. The summed E-state index contributed by atoms with van der Waals surface area (Å²) in [6.45, 7) is 0. The van der Waals surface area contributed by atoms with Crippen molar-refractivity contribution in [2.24, 2.45) is 0 Å². The molecule has 0 amide bonds. The largest absolute Gasteiger partial charge is 0.393 e. The Morgan fingerprint density at radius 2 is 2.35 bits per heavy atom. The molecule has 1 aromatic heterocycles. The fourth-order valence-corrected chi connectivity index (χ4v) is 1.97. The van der Waals surface area contributed by atoms with Crippen LogP contribution >= 0.6 is 0 Å². The van der Waals surface area contributed by atoms with Gasteiger partial charge in [-0.2, -0.15) is 5.10 Å². The van der Waals surface area contributed by atoms with Crippen molar-refractivity contribution in [3.8, 4) is 0 Å². The van der Waals surface area contributed by atoms with Crippen molar-refractivity contribution in [1.82, 2.24) is 9.78 Å². The van der Waals surface area contributed by atoms with Crippen molar-refractivity contribution in [3.63, 3.8) is 0 Å². The molecular weight excluding hydrogens is 236 g/mol. The summed E-state index contributed by atoms with van der Waals surface area (Å²) in [7, 11) is 0. The predicted molar refractivity (Wildman–Crippen MR) is 52.7 cm³/mol. The van der Waals surface area contributed by atoms with Crippen molar-refractivity contribution in [2.45, 2.75) is 37.3 Å². The van der Waals surface area contributed by atoms with Gasteiger partial charge in [0.25, 0.3) is 5.92 Å². The molecule has 0 bridgehead atoms. The fraction of sp³-hybridized carbons (Fsp3) is 0.667. The first-order valence-corrected chi connectivity index (χ1v) is 5.14. The third-order valence-electron chi connectivity index (χ3n) is 2.91. The molecule has 0 radical (unpaired) electrons. The van der Waals surface area contributed by atoms with E-state index < -0.39 is 29.4 Å². The molecule has 1 aliphatic rings.